The highest BCUT2D eigenvalue weighted by Gasteiger charge is 2.16. The highest BCUT2D eigenvalue weighted by atomic mass is 19.2. The van der Waals surface area contributed by atoms with Crippen molar-refractivity contribution in [3.05, 3.63) is 35.4 Å². The van der Waals surface area contributed by atoms with Gasteiger partial charge in [-0.1, -0.05) is 12.1 Å². The second kappa shape index (κ2) is 8.29. The largest absolute Gasteiger partial charge is 0.388 e. The predicted octanol–water partition coefficient (Wildman–Crippen LogP) is 2.75. The van der Waals surface area contributed by atoms with Crippen molar-refractivity contribution in [1.82, 2.24) is 4.90 Å². The molecule has 0 fully saturated rings. The molecule has 0 aliphatic heterocycles. The minimum absolute atomic E-state index is 0.0110. The third-order valence-corrected chi connectivity index (χ3v) is 3.05. The van der Waals surface area contributed by atoms with E-state index in [9.17, 15) is 13.9 Å². The van der Waals surface area contributed by atoms with Crippen LogP contribution in [0.25, 0.3) is 0 Å². The van der Waals surface area contributed by atoms with Crippen molar-refractivity contribution in [2.45, 2.75) is 32.5 Å². The Morgan fingerprint density at radius 1 is 1.25 bits per heavy atom. The monoisotopic (exact) mass is 287 g/mol. The Labute approximate surface area is 119 Å². The Bertz CT molecular complexity index is 413. The molecule has 1 rings (SSSR count). The average Bonchev–Trinajstić information content (AvgIpc) is 2.38. The van der Waals surface area contributed by atoms with Crippen LogP contribution in [0, 0.1) is 11.6 Å². The fourth-order valence-corrected chi connectivity index (χ4v) is 1.83. The molecular formula is C15H23F2NO2. The third kappa shape index (κ3) is 5.53. The molecule has 1 unspecified atom stereocenters. The van der Waals surface area contributed by atoms with Gasteiger partial charge in [-0.25, -0.2) is 8.78 Å². The van der Waals surface area contributed by atoms with Gasteiger partial charge in [0, 0.05) is 18.7 Å². The molecule has 0 saturated carbocycles. The number of ether oxygens (including phenoxy) is 1. The maximum Gasteiger partial charge on any atom is 0.164 e. The predicted molar refractivity (Wildman–Crippen MR) is 74.5 cm³/mol. The molecule has 0 heterocycles. The molecule has 1 aromatic carbocycles. The first-order chi connectivity index (χ1) is 9.41. The summed E-state index contributed by atoms with van der Waals surface area (Å²) in [6, 6.07) is 3.85. The van der Waals surface area contributed by atoms with Crippen molar-refractivity contribution in [3.8, 4) is 0 Å². The summed E-state index contributed by atoms with van der Waals surface area (Å²) in [4.78, 5) is 1.99. The fourth-order valence-electron chi connectivity index (χ4n) is 1.83. The van der Waals surface area contributed by atoms with E-state index in [1.54, 1.807) is 0 Å². The second-order valence-electron chi connectivity index (χ2n) is 5.17. The number of hydrogen-bond donors (Lipinski definition) is 1. The summed E-state index contributed by atoms with van der Waals surface area (Å²) < 4.78 is 32.0. The lowest BCUT2D eigenvalue weighted by atomic mass is 10.1. The van der Waals surface area contributed by atoms with Crippen LogP contribution in [0.1, 0.15) is 31.9 Å². The SMILES string of the molecule is CC(C)OCCN(C)CCC(O)c1cccc(F)c1F. The number of rotatable bonds is 8. The van der Waals surface area contributed by atoms with Gasteiger partial charge in [0.05, 0.1) is 18.8 Å². The van der Waals surface area contributed by atoms with Gasteiger partial charge in [-0.2, -0.15) is 0 Å². The van der Waals surface area contributed by atoms with Crippen LogP contribution in [0.5, 0.6) is 0 Å². The summed E-state index contributed by atoms with van der Waals surface area (Å²) >= 11 is 0. The number of halogens is 2. The highest BCUT2D eigenvalue weighted by molar-refractivity contribution is 5.21. The summed E-state index contributed by atoms with van der Waals surface area (Å²) in [5, 5.41) is 9.92. The molecule has 0 saturated heterocycles. The maximum absolute atomic E-state index is 13.5. The summed E-state index contributed by atoms with van der Waals surface area (Å²) in [5.74, 6) is -1.90. The molecule has 0 spiro atoms. The van der Waals surface area contributed by atoms with Crippen molar-refractivity contribution in [2.24, 2.45) is 0 Å². The number of aliphatic hydroxyl groups is 1. The van der Waals surface area contributed by atoms with Crippen molar-refractivity contribution < 1.29 is 18.6 Å². The number of hydrogen-bond acceptors (Lipinski definition) is 3. The minimum Gasteiger partial charge on any atom is -0.388 e. The molecule has 0 aliphatic carbocycles. The quantitative estimate of drug-likeness (QED) is 0.798. The van der Waals surface area contributed by atoms with Crippen molar-refractivity contribution in [1.29, 1.82) is 0 Å². The van der Waals surface area contributed by atoms with Gasteiger partial charge >= 0.3 is 0 Å². The van der Waals surface area contributed by atoms with E-state index < -0.39 is 17.7 Å². The van der Waals surface area contributed by atoms with E-state index in [1.165, 1.54) is 12.1 Å². The molecule has 1 atom stereocenters. The molecule has 0 radical (unpaired) electrons. The first-order valence-corrected chi connectivity index (χ1v) is 6.84. The van der Waals surface area contributed by atoms with Gasteiger partial charge in [-0.3, -0.25) is 0 Å². The average molecular weight is 287 g/mol. The molecule has 114 valence electrons. The van der Waals surface area contributed by atoms with Gasteiger partial charge in [-0.15, -0.1) is 0 Å². The van der Waals surface area contributed by atoms with E-state index in [2.05, 4.69) is 0 Å². The second-order valence-corrected chi connectivity index (χ2v) is 5.17. The summed E-state index contributed by atoms with van der Waals surface area (Å²) in [6.45, 7) is 5.86. The van der Waals surface area contributed by atoms with Crippen molar-refractivity contribution >= 4 is 0 Å². The first-order valence-electron chi connectivity index (χ1n) is 6.84. The molecule has 5 heteroatoms. The molecule has 20 heavy (non-hydrogen) atoms. The van der Waals surface area contributed by atoms with E-state index in [0.29, 0.717) is 19.6 Å². The summed E-state index contributed by atoms with van der Waals surface area (Å²) in [5.41, 5.74) is 0.0110. The Hall–Kier alpha value is -1.04. The molecule has 0 aliphatic rings. The molecule has 0 aromatic heterocycles. The molecular weight excluding hydrogens is 264 g/mol. The lowest BCUT2D eigenvalue weighted by molar-refractivity contribution is 0.0599. The molecule has 1 N–H and O–H groups in total. The molecule has 3 nitrogen and oxygen atoms in total. The molecule has 1 aromatic rings. The molecule has 0 bridgehead atoms. The number of aliphatic hydroxyl groups excluding tert-OH is 1. The van der Waals surface area contributed by atoms with Crippen LogP contribution in [-0.4, -0.2) is 42.9 Å². The Morgan fingerprint density at radius 2 is 1.95 bits per heavy atom. The van der Waals surface area contributed by atoms with Gasteiger partial charge in [0.15, 0.2) is 11.6 Å². The van der Waals surface area contributed by atoms with Crippen LogP contribution in [0.4, 0.5) is 8.78 Å². The summed E-state index contributed by atoms with van der Waals surface area (Å²) in [6.07, 6.45) is -0.465. The van der Waals surface area contributed by atoms with E-state index in [4.69, 9.17) is 4.74 Å². The van der Waals surface area contributed by atoms with Gasteiger partial charge in [0.1, 0.15) is 0 Å². The van der Waals surface area contributed by atoms with Crippen molar-refractivity contribution in [3.63, 3.8) is 0 Å². The van der Waals surface area contributed by atoms with Crippen LogP contribution in [-0.2, 0) is 4.74 Å². The van der Waals surface area contributed by atoms with Gasteiger partial charge in [-0.05, 0) is 33.4 Å². The normalized spacial score (nSPS) is 13.2. The summed E-state index contributed by atoms with van der Waals surface area (Å²) in [7, 11) is 1.90. The van der Waals surface area contributed by atoms with Gasteiger partial charge < -0.3 is 14.7 Å². The Balaban J connectivity index is 2.39. The standard InChI is InChI=1S/C15H23F2NO2/c1-11(2)20-10-9-18(3)8-7-14(19)12-5-4-6-13(16)15(12)17/h4-6,11,14,19H,7-10H2,1-3H3. The van der Waals surface area contributed by atoms with E-state index >= 15 is 0 Å². The number of benzene rings is 1. The lowest BCUT2D eigenvalue weighted by Gasteiger charge is -2.20. The zero-order valence-electron chi connectivity index (χ0n) is 12.3. The van der Waals surface area contributed by atoms with E-state index in [1.807, 2.05) is 25.8 Å². The van der Waals surface area contributed by atoms with Crippen molar-refractivity contribution in [2.75, 3.05) is 26.7 Å². The van der Waals surface area contributed by atoms with Crippen LogP contribution in [0.2, 0.25) is 0 Å². The van der Waals surface area contributed by atoms with E-state index in [0.717, 1.165) is 12.6 Å². The Kier molecular flexibility index (Phi) is 7.05. The molecule has 0 amide bonds. The van der Waals surface area contributed by atoms with Crippen LogP contribution < -0.4 is 0 Å². The topological polar surface area (TPSA) is 32.7 Å². The van der Waals surface area contributed by atoms with Gasteiger partial charge in [0.25, 0.3) is 0 Å². The third-order valence-electron chi connectivity index (χ3n) is 3.05. The maximum atomic E-state index is 13.5. The zero-order chi connectivity index (χ0) is 15.1. The smallest absolute Gasteiger partial charge is 0.164 e. The fraction of sp³-hybridized carbons (Fsp3) is 0.600. The minimum atomic E-state index is -1.00. The van der Waals surface area contributed by atoms with Crippen LogP contribution in [0.15, 0.2) is 18.2 Å². The first kappa shape index (κ1) is 17.0. The van der Waals surface area contributed by atoms with Crippen LogP contribution >= 0.6 is 0 Å². The zero-order valence-corrected chi connectivity index (χ0v) is 12.3. The van der Waals surface area contributed by atoms with Gasteiger partial charge in [0.2, 0.25) is 0 Å². The number of nitrogens with zero attached hydrogens (tertiary/aromatic N) is 1. The van der Waals surface area contributed by atoms with Crippen LogP contribution in [0.3, 0.4) is 0 Å². The van der Waals surface area contributed by atoms with E-state index in [-0.39, 0.29) is 11.7 Å². The lowest BCUT2D eigenvalue weighted by Crippen LogP contribution is -2.26. The number of likely N-dealkylation sites (N-methyl/N-ethyl adjacent to an activating group) is 1. The Morgan fingerprint density at radius 3 is 2.60 bits per heavy atom. The highest BCUT2D eigenvalue weighted by Crippen LogP contribution is 2.21.